The summed E-state index contributed by atoms with van der Waals surface area (Å²) < 4.78 is 1.86. The molecule has 1 aliphatic heterocycles. The van der Waals surface area contributed by atoms with E-state index >= 15 is 0 Å². The number of rotatable bonds is 4. The van der Waals surface area contributed by atoms with Crippen molar-refractivity contribution in [1.82, 2.24) is 19.6 Å². The zero-order valence-corrected chi connectivity index (χ0v) is 14.7. The fourth-order valence-electron chi connectivity index (χ4n) is 3.31. The maximum Gasteiger partial charge on any atom is 0.253 e. The Hall–Kier alpha value is -2.92. The van der Waals surface area contributed by atoms with Gasteiger partial charge in [-0.15, -0.1) is 0 Å². The number of piperazine rings is 1. The summed E-state index contributed by atoms with van der Waals surface area (Å²) in [6, 6.07) is 19.9. The first-order valence-corrected chi connectivity index (χ1v) is 8.95. The Bertz CT molecular complexity index is 835. The highest BCUT2D eigenvalue weighted by atomic mass is 16.2. The quantitative estimate of drug-likeness (QED) is 0.729. The average molecular weight is 346 g/mol. The van der Waals surface area contributed by atoms with Crippen LogP contribution in [0.4, 0.5) is 0 Å². The largest absolute Gasteiger partial charge is 0.336 e. The van der Waals surface area contributed by atoms with Gasteiger partial charge < -0.3 is 4.90 Å². The summed E-state index contributed by atoms with van der Waals surface area (Å²) in [5, 5.41) is 4.25. The summed E-state index contributed by atoms with van der Waals surface area (Å²) in [4.78, 5) is 16.9. The molecule has 2 heterocycles. The van der Waals surface area contributed by atoms with E-state index in [1.807, 2.05) is 52.2 Å². The van der Waals surface area contributed by atoms with E-state index in [2.05, 4.69) is 34.3 Å². The maximum atomic E-state index is 12.5. The second kappa shape index (κ2) is 7.54. The predicted molar refractivity (Wildman–Crippen MR) is 101 cm³/mol. The van der Waals surface area contributed by atoms with Crippen molar-refractivity contribution in [1.29, 1.82) is 0 Å². The van der Waals surface area contributed by atoms with Gasteiger partial charge in [-0.25, -0.2) is 4.68 Å². The van der Waals surface area contributed by atoms with Crippen LogP contribution >= 0.6 is 0 Å². The van der Waals surface area contributed by atoms with Crippen LogP contribution in [-0.2, 0) is 6.54 Å². The van der Waals surface area contributed by atoms with Crippen LogP contribution in [0, 0.1) is 0 Å². The van der Waals surface area contributed by atoms with Crippen LogP contribution in [0.1, 0.15) is 15.9 Å². The number of aromatic nitrogens is 2. The lowest BCUT2D eigenvalue weighted by molar-refractivity contribution is 0.0628. The normalized spacial score (nSPS) is 15.2. The van der Waals surface area contributed by atoms with Crippen LogP contribution in [0.2, 0.25) is 0 Å². The lowest BCUT2D eigenvalue weighted by Crippen LogP contribution is -2.48. The maximum absolute atomic E-state index is 12.5. The fraction of sp³-hybridized carbons (Fsp3) is 0.238. The molecule has 5 nitrogen and oxygen atoms in total. The molecule has 2 aromatic carbocycles. The van der Waals surface area contributed by atoms with Crippen LogP contribution in [0.3, 0.4) is 0 Å². The Kier molecular flexibility index (Phi) is 4.80. The van der Waals surface area contributed by atoms with Crippen LogP contribution in [0.15, 0.2) is 73.1 Å². The second-order valence-electron chi connectivity index (χ2n) is 6.55. The molecule has 0 aliphatic carbocycles. The van der Waals surface area contributed by atoms with E-state index in [1.54, 1.807) is 6.20 Å². The molecule has 1 aliphatic rings. The molecule has 0 saturated carbocycles. The number of carbonyl (C=O) groups excluding carboxylic acids is 1. The Balaban J connectivity index is 1.32. The Morgan fingerprint density at radius 1 is 0.885 bits per heavy atom. The third-order valence-electron chi connectivity index (χ3n) is 4.79. The van der Waals surface area contributed by atoms with Gasteiger partial charge in [0.2, 0.25) is 0 Å². The van der Waals surface area contributed by atoms with Crippen LogP contribution < -0.4 is 0 Å². The number of nitrogens with zero attached hydrogens (tertiary/aromatic N) is 4. The third-order valence-corrected chi connectivity index (χ3v) is 4.79. The summed E-state index contributed by atoms with van der Waals surface area (Å²) >= 11 is 0. The van der Waals surface area contributed by atoms with Gasteiger partial charge in [-0.1, -0.05) is 30.3 Å². The summed E-state index contributed by atoms with van der Waals surface area (Å²) in [5.74, 6) is 0.133. The predicted octanol–water partition coefficient (Wildman–Crippen LogP) is 2.83. The first-order chi connectivity index (χ1) is 12.8. The molecular weight excluding hydrogens is 324 g/mol. The topological polar surface area (TPSA) is 41.4 Å². The van der Waals surface area contributed by atoms with Gasteiger partial charge in [-0.2, -0.15) is 5.10 Å². The molecule has 0 bridgehead atoms. The highest BCUT2D eigenvalue weighted by Gasteiger charge is 2.21. The first kappa shape index (κ1) is 16.5. The van der Waals surface area contributed by atoms with Gasteiger partial charge >= 0.3 is 0 Å². The summed E-state index contributed by atoms with van der Waals surface area (Å²) in [7, 11) is 0. The number of hydrogen-bond acceptors (Lipinski definition) is 3. The van der Waals surface area contributed by atoms with E-state index in [0.717, 1.165) is 44.0 Å². The minimum atomic E-state index is 0.133. The van der Waals surface area contributed by atoms with Gasteiger partial charge in [-0.3, -0.25) is 9.69 Å². The van der Waals surface area contributed by atoms with E-state index < -0.39 is 0 Å². The highest BCUT2D eigenvalue weighted by molar-refractivity contribution is 5.94. The Morgan fingerprint density at radius 3 is 2.27 bits per heavy atom. The van der Waals surface area contributed by atoms with Crippen LogP contribution in [-0.4, -0.2) is 51.7 Å². The number of carbonyl (C=O) groups is 1. The molecule has 5 heteroatoms. The molecule has 132 valence electrons. The minimum Gasteiger partial charge on any atom is -0.336 e. The van der Waals surface area contributed by atoms with Crippen molar-refractivity contribution in [2.24, 2.45) is 0 Å². The van der Waals surface area contributed by atoms with E-state index in [4.69, 9.17) is 0 Å². The number of benzene rings is 2. The van der Waals surface area contributed by atoms with Crippen molar-refractivity contribution in [2.75, 3.05) is 26.2 Å². The van der Waals surface area contributed by atoms with Gasteiger partial charge in [0.25, 0.3) is 5.91 Å². The van der Waals surface area contributed by atoms with Crippen molar-refractivity contribution >= 4 is 5.91 Å². The lowest BCUT2D eigenvalue weighted by Gasteiger charge is -2.34. The Labute approximate surface area is 153 Å². The van der Waals surface area contributed by atoms with Crippen LogP contribution in [0.5, 0.6) is 0 Å². The molecule has 1 saturated heterocycles. The fourth-order valence-corrected chi connectivity index (χ4v) is 3.31. The molecular formula is C21H22N4O. The van der Waals surface area contributed by atoms with Gasteiger partial charge in [0.05, 0.1) is 5.69 Å². The number of hydrogen-bond donors (Lipinski definition) is 0. The third kappa shape index (κ3) is 3.68. The second-order valence-corrected chi connectivity index (χ2v) is 6.55. The van der Waals surface area contributed by atoms with Crippen molar-refractivity contribution in [3.8, 4) is 5.69 Å². The average Bonchev–Trinajstić information content (AvgIpc) is 3.24. The molecule has 1 aromatic heterocycles. The van der Waals surface area contributed by atoms with E-state index in [1.165, 1.54) is 5.56 Å². The minimum absolute atomic E-state index is 0.133. The standard InChI is InChI=1S/C21H22N4O/c26-21(19-5-2-1-3-6-19)24-15-13-23(14-16-24)17-18-7-9-20(10-8-18)25-12-4-11-22-25/h1-12H,13-17H2. The van der Waals surface area contributed by atoms with Gasteiger partial charge in [0.15, 0.2) is 0 Å². The molecule has 1 amide bonds. The SMILES string of the molecule is O=C(c1ccccc1)N1CCN(Cc2ccc(-n3cccn3)cc2)CC1. The molecule has 4 rings (SSSR count). The number of amides is 1. The van der Waals surface area contributed by atoms with E-state index in [-0.39, 0.29) is 5.91 Å². The molecule has 1 fully saturated rings. The molecule has 0 N–H and O–H groups in total. The zero-order chi connectivity index (χ0) is 17.8. The van der Waals surface area contributed by atoms with Crippen LogP contribution in [0.25, 0.3) is 5.69 Å². The van der Waals surface area contributed by atoms with Gasteiger partial charge in [-0.05, 0) is 35.9 Å². The molecule has 3 aromatic rings. The van der Waals surface area contributed by atoms with Gasteiger partial charge in [0.1, 0.15) is 0 Å². The van der Waals surface area contributed by atoms with Gasteiger partial charge in [0, 0.05) is 50.7 Å². The highest BCUT2D eigenvalue weighted by Crippen LogP contribution is 2.14. The smallest absolute Gasteiger partial charge is 0.253 e. The molecule has 0 unspecified atom stereocenters. The monoisotopic (exact) mass is 346 g/mol. The first-order valence-electron chi connectivity index (χ1n) is 8.95. The van der Waals surface area contributed by atoms with Crippen molar-refractivity contribution in [3.63, 3.8) is 0 Å². The van der Waals surface area contributed by atoms with Crippen molar-refractivity contribution in [2.45, 2.75) is 6.54 Å². The zero-order valence-electron chi connectivity index (χ0n) is 14.7. The van der Waals surface area contributed by atoms with E-state index in [0.29, 0.717) is 0 Å². The molecule has 0 atom stereocenters. The van der Waals surface area contributed by atoms with Crippen molar-refractivity contribution in [3.05, 3.63) is 84.2 Å². The Morgan fingerprint density at radius 2 is 1.62 bits per heavy atom. The summed E-state index contributed by atoms with van der Waals surface area (Å²) in [6.45, 7) is 4.27. The van der Waals surface area contributed by atoms with E-state index in [9.17, 15) is 4.79 Å². The summed E-state index contributed by atoms with van der Waals surface area (Å²) in [5.41, 5.74) is 3.12. The lowest BCUT2D eigenvalue weighted by atomic mass is 10.1. The molecule has 26 heavy (non-hydrogen) atoms. The molecule has 0 radical (unpaired) electrons. The van der Waals surface area contributed by atoms with Crippen molar-refractivity contribution < 1.29 is 4.79 Å². The summed E-state index contributed by atoms with van der Waals surface area (Å²) in [6.07, 6.45) is 3.72. The molecule has 0 spiro atoms.